The third-order valence-corrected chi connectivity index (χ3v) is 5.09. The zero-order valence-corrected chi connectivity index (χ0v) is 17.2. The first-order chi connectivity index (χ1) is 15.6. The van der Waals surface area contributed by atoms with Crippen LogP contribution >= 0.6 is 0 Å². The number of amides is 1. The molecule has 3 N–H and O–H groups in total. The van der Waals surface area contributed by atoms with Gasteiger partial charge in [-0.2, -0.15) is 5.10 Å². The van der Waals surface area contributed by atoms with Crippen LogP contribution in [0.5, 0.6) is 11.5 Å². The number of nitrogens with zero attached hydrogens (tertiary/aromatic N) is 1. The Morgan fingerprint density at radius 1 is 0.625 bits per heavy atom. The fraction of sp³-hybridized carbons (Fsp3) is 0.0370. The Kier molecular flexibility index (Phi) is 6.28. The summed E-state index contributed by atoms with van der Waals surface area (Å²) in [5.74, 6) is -0.522. The summed E-state index contributed by atoms with van der Waals surface area (Å²) in [6.45, 7) is 0. The molecule has 0 heterocycles. The van der Waals surface area contributed by atoms with Crippen LogP contribution in [-0.2, 0) is 4.79 Å². The van der Waals surface area contributed by atoms with E-state index >= 15 is 0 Å². The highest BCUT2D eigenvalue weighted by Crippen LogP contribution is 2.25. The lowest BCUT2D eigenvalue weighted by molar-refractivity contribution is -0.121. The molecule has 0 radical (unpaired) electrons. The van der Waals surface area contributed by atoms with Crippen molar-refractivity contribution in [3.63, 3.8) is 0 Å². The van der Waals surface area contributed by atoms with Gasteiger partial charge in [0.15, 0.2) is 0 Å². The predicted octanol–water partition coefficient (Wildman–Crippen LogP) is 4.80. The molecule has 0 aliphatic carbocycles. The fourth-order valence-electron chi connectivity index (χ4n) is 3.50. The van der Waals surface area contributed by atoms with Crippen molar-refractivity contribution in [3.8, 4) is 11.5 Å². The number of carbonyl (C=O) groups excluding carboxylic acids is 1. The van der Waals surface area contributed by atoms with Crippen LogP contribution in [0.1, 0.15) is 28.2 Å². The van der Waals surface area contributed by atoms with Crippen molar-refractivity contribution in [3.05, 3.63) is 131 Å². The van der Waals surface area contributed by atoms with E-state index in [2.05, 4.69) is 10.5 Å². The van der Waals surface area contributed by atoms with Gasteiger partial charge < -0.3 is 10.2 Å². The minimum Gasteiger partial charge on any atom is -0.508 e. The lowest BCUT2D eigenvalue weighted by Gasteiger charge is -2.17. The number of hydrogen-bond donors (Lipinski definition) is 3. The average Bonchev–Trinajstić information content (AvgIpc) is 2.83. The van der Waals surface area contributed by atoms with Crippen molar-refractivity contribution < 1.29 is 15.0 Å². The Bertz CT molecular complexity index is 1120. The lowest BCUT2D eigenvalue weighted by Crippen LogP contribution is -2.27. The molecule has 4 rings (SSSR count). The van der Waals surface area contributed by atoms with Crippen LogP contribution in [-0.4, -0.2) is 21.8 Å². The first-order valence-corrected chi connectivity index (χ1v) is 10.2. The van der Waals surface area contributed by atoms with E-state index in [1.165, 1.54) is 0 Å². The van der Waals surface area contributed by atoms with Gasteiger partial charge in [-0.3, -0.25) is 4.79 Å². The van der Waals surface area contributed by atoms with Gasteiger partial charge in [-0.1, -0.05) is 60.7 Å². The van der Waals surface area contributed by atoms with E-state index in [9.17, 15) is 15.0 Å². The molecule has 158 valence electrons. The minimum atomic E-state index is -0.526. The number of phenolic OH excluding ortho intramolecular Hbond substituents is 2. The Balaban J connectivity index is 1.70. The molecule has 0 atom stereocenters. The summed E-state index contributed by atoms with van der Waals surface area (Å²) in [6, 6.07) is 32.2. The molecule has 32 heavy (non-hydrogen) atoms. The van der Waals surface area contributed by atoms with Gasteiger partial charge in [-0.25, -0.2) is 5.43 Å². The molecule has 5 nitrogen and oxygen atoms in total. The van der Waals surface area contributed by atoms with Gasteiger partial charge in [0.2, 0.25) is 0 Å². The summed E-state index contributed by atoms with van der Waals surface area (Å²) in [6.07, 6.45) is 0. The third-order valence-electron chi connectivity index (χ3n) is 5.09. The first kappa shape index (κ1) is 20.9. The zero-order valence-electron chi connectivity index (χ0n) is 17.2. The molecule has 0 saturated heterocycles. The molecule has 0 aromatic heterocycles. The second-order valence-corrected chi connectivity index (χ2v) is 7.28. The normalized spacial score (nSPS) is 10.5. The highest BCUT2D eigenvalue weighted by atomic mass is 16.3. The molecule has 4 aromatic carbocycles. The summed E-state index contributed by atoms with van der Waals surface area (Å²) in [4.78, 5) is 13.3. The monoisotopic (exact) mass is 422 g/mol. The Labute approximate surface area is 186 Å². The number of rotatable bonds is 6. The van der Waals surface area contributed by atoms with Crippen LogP contribution in [0.2, 0.25) is 0 Å². The molecule has 0 aliphatic rings. The highest BCUT2D eigenvalue weighted by molar-refractivity contribution is 6.13. The Morgan fingerprint density at radius 2 is 1.03 bits per heavy atom. The van der Waals surface area contributed by atoms with Crippen molar-refractivity contribution in [1.82, 2.24) is 5.43 Å². The maximum Gasteiger partial charge on any atom is 0.252 e. The van der Waals surface area contributed by atoms with E-state index < -0.39 is 5.92 Å². The maximum absolute atomic E-state index is 13.3. The van der Waals surface area contributed by atoms with E-state index in [-0.39, 0.29) is 17.4 Å². The van der Waals surface area contributed by atoms with Crippen molar-refractivity contribution in [1.29, 1.82) is 0 Å². The molecular weight excluding hydrogens is 400 g/mol. The van der Waals surface area contributed by atoms with E-state index in [1.807, 2.05) is 60.7 Å². The van der Waals surface area contributed by atoms with Crippen molar-refractivity contribution in [2.75, 3.05) is 0 Å². The molecule has 0 fully saturated rings. The number of hydrogen-bond acceptors (Lipinski definition) is 4. The van der Waals surface area contributed by atoms with Crippen LogP contribution in [0.25, 0.3) is 0 Å². The van der Waals surface area contributed by atoms with Crippen molar-refractivity contribution in [2.24, 2.45) is 5.10 Å². The third kappa shape index (κ3) is 4.84. The van der Waals surface area contributed by atoms with Crippen molar-refractivity contribution in [2.45, 2.75) is 5.92 Å². The molecule has 0 spiro atoms. The number of carbonyl (C=O) groups is 1. The summed E-state index contributed by atoms with van der Waals surface area (Å²) >= 11 is 0. The molecular formula is C27H22N2O3. The largest absolute Gasteiger partial charge is 0.508 e. The van der Waals surface area contributed by atoms with Crippen LogP contribution in [0.4, 0.5) is 0 Å². The number of benzene rings is 4. The Hall–Kier alpha value is -4.38. The number of phenols is 2. The van der Waals surface area contributed by atoms with Gasteiger partial charge in [-0.05, 0) is 59.7 Å². The van der Waals surface area contributed by atoms with Gasteiger partial charge in [0.05, 0.1) is 11.6 Å². The van der Waals surface area contributed by atoms with Crippen LogP contribution in [0.3, 0.4) is 0 Å². The van der Waals surface area contributed by atoms with Gasteiger partial charge in [-0.15, -0.1) is 0 Å². The van der Waals surface area contributed by atoms with Gasteiger partial charge >= 0.3 is 0 Å². The first-order valence-electron chi connectivity index (χ1n) is 10.2. The van der Waals surface area contributed by atoms with E-state index in [0.29, 0.717) is 16.8 Å². The number of aromatic hydroxyl groups is 2. The summed E-state index contributed by atoms with van der Waals surface area (Å²) < 4.78 is 0. The summed E-state index contributed by atoms with van der Waals surface area (Å²) in [5, 5.41) is 23.7. The summed E-state index contributed by atoms with van der Waals surface area (Å²) in [5.41, 5.74) is 6.39. The quantitative estimate of drug-likeness (QED) is 0.308. The van der Waals surface area contributed by atoms with Gasteiger partial charge in [0.25, 0.3) is 5.91 Å². The van der Waals surface area contributed by atoms with E-state index in [4.69, 9.17) is 0 Å². The van der Waals surface area contributed by atoms with E-state index in [1.54, 1.807) is 48.5 Å². The van der Waals surface area contributed by atoms with Crippen LogP contribution in [0, 0.1) is 0 Å². The topological polar surface area (TPSA) is 81.9 Å². The SMILES string of the molecule is O=C(NN=C(c1ccc(O)cc1)c1ccc(O)cc1)C(c1ccccc1)c1ccccc1. The molecule has 0 aliphatic heterocycles. The predicted molar refractivity (Wildman–Crippen MR) is 125 cm³/mol. The molecule has 1 amide bonds. The number of hydrazone groups is 1. The zero-order chi connectivity index (χ0) is 22.3. The smallest absolute Gasteiger partial charge is 0.252 e. The standard InChI is InChI=1S/C27H22N2O3/c30-23-15-11-21(12-16-23)26(22-13-17-24(31)18-14-22)28-29-27(32)25(19-7-3-1-4-8-19)20-9-5-2-6-10-20/h1-18,25,30-31H,(H,29,32). The minimum absolute atomic E-state index is 0.135. The molecule has 4 aromatic rings. The Morgan fingerprint density at radius 3 is 1.44 bits per heavy atom. The maximum atomic E-state index is 13.3. The lowest BCUT2D eigenvalue weighted by atomic mass is 9.91. The van der Waals surface area contributed by atoms with Gasteiger partial charge in [0.1, 0.15) is 11.5 Å². The van der Waals surface area contributed by atoms with Gasteiger partial charge in [0, 0.05) is 11.1 Å². The van der Waals surface area contributed by atoms with Crippen molar-refractivity contribution >= 4 is 11.6 Å². The molecule has 0 unspecified atom stereocenters. The highest BCUT2D eigenvalue weighted by Gasteiger charge is 2.22. The average molecular weight is 422 g/mol. The fourth-order valence-corrected chi connectivity index (χ4v) is 3.50. The molecule has 0 bridgehead atoms. The summed E-state index contributed by atoms with van der Waals surface area (Å²) in [7, 11) is 0. The van der Waals surface area contributed by atoms with Crippen LogP contribution < -0.4 is 5.43 Å². The second-order valence-electron chi connectivity index (χ2n) is 7.28. The van der Waals surface area contributed by atoms with E-state index in [0.717, 1.165) is 11.1 Å². The number of nitrogens with one attached hydrogen (secondary N) is 1. The molecule has 5 heteroatoms. The molecule has 0 saturated carbocycles. The second kappa shape index (κ2) is 9.62. The van der Waals surface area contributed by atoms with Crippen LogP contribution in [0.15, 0.2) is 114 Å².